The van der Waals surface area contributed by atoms with E-state index in [1.54, 1.807) is 7.11 Å². The van der Waals surface area contributed by atoms with E-state index in [-0.39, 0.29) is 18.0 Å². The van der Waals surface area contributed by atoms with Crippen LogP contribution in [0.5, 0.6) is 0 Å². The Labute approximate surface area is 104 Å². The van der Waals surface area contributed by atoms with Crippen molar-refractivity contribution in [3.05, 3.63) is 0 Å². The number of carbonyl (C=O) groups is 1. The van der Waals surface area contributed by atoms with E-state index in [1.165, 1.54) is 0 Å². The van der Waals surface area contributed by atoms with Crippen LogP contribution in [-0.2, 0) is 19.4 Å². The summed E-state index contributed by atoms with van der Waals surface area (Å²) in [5, 5.41) is 0. The van der Waals surface area contributed by atoms with Crippen molar-refractivity contribution < 1.29 is 17.9 Å². The Hall–Kier alpha value is -0.420. The highest BCUT2D eigenvalue weighted by molar-refractivity contribution is 7.90. The van der Waals surface area contributed by atoms with Crippen LogP contribution >= 0.6 is 0 Å². The van der Waals surface area contributed by atoms with E-state index in [9.17, 15) is 13.2 Å². The zero-order valence-electron chi connectivity index (χ0n) is 10.9. The third kappa shape index (κ3) is 4.07. The number of carbonyl (C=O) groups excluding carboxylic acids is 1. The van der Waals surface area contributed by atoms with Gasteiger partial charge in [0.25, 0.3) is 0 Å². The SMILES string of the molecule is COC1(C(=O)CCS(C)(=O)=O)CCCC(C)C1. The van der Waals surface area contributed by atoms with Crippen molar-refractivity contribution in [1.82, 2.24) is 0 Å². The minimum absolute atomic E-state index is 0.0584. The van der Waals surface area contributed by atoms with E-state index in [1.807, 2.05) is 0 Å². The molecular weight excluding hydrogens is 240 g/mol. The molecule has 0 spiro atoms. The van der Waals surface area contributed by atoms with Crippen molar-refractivity contribution in [2.75, 3.05) is 19.1 Å². The Morgan fingerprint density at radius 2 is 2.12 bits per heavy atom. The standard InChI is InChI=1S/C12H22O4S/c1-10-5-4-7-12(9-10,16-2)11(13)6-8-17(3,14)15/h10H,4-9H2,1-3H3. The molecule has 2 atom stereocenters. The average Bonchev–Trinajstić information content (AvgIpc) is 2.24. The number of hydrogen-bond donors (Lipinski definition) is 0. The van der Waals surface area contributed by atoms with Crippen LogP contribution in [0.1, 0.15) is 39.0 Å². The Balaban J connectivity index is 2.69. The molecule has 0 N–H and O–H groups in total. The molecule has 1 rings (SSSR count). The number of ketones is 1. The van der Waals surface area contributed by atoms with E-state index in [0.717, 1.165) is 25.5 Å². The Bertz CT molecular complexity index is 374. The molecule has 0 aromatic carbocycles. The molecule has 4 nitrogen and oxygen atoms in total. The Kier molecular flexibility index (Phi) is 4.72. The number of methoxy groups -OCH3 is 1. The van der Waals surface area contributed by atoms with Crippen LogP contribution in [-0.4, -0.2) is 38.9 Å². The second-order valence-corrected chi connectivity index (χ2v) is 7.46. The summed E-state index contributed by atoms with van der Waals surface area (Å²) in [5.41, 5.74) is -0.734. The quantitative estimate of drug-likeness (QED) is 0.755. The Morgan fingerprint density at radius 1 is 1.47 bits per heavy atom. The normalized spacial score (nSPS) is 30.2. The van der Waals surface area contributed by atoms with Gasteiger partial charge in [-0.05, 0) is 25.2 Å². The van der Waals surface area contributed by atoms with Gasteiger partial charge < -0.3 is 4.74 Å². The first-order chi connectivity index (χ1) is 7.79. The summed E-state index contributed by atoms with van der Waals surface area (Å²) >= 11 is 0. The average molecular weight is 262 g/mol. The van der Waals surface area contributed by atoms with Crippen molar-refractivity contribution in [3.8, 4) is 0 Å². The van der Waals surface area contributed by atoms with Gasteiger partial charge in [-0.2, -0.15) is 0 Å². The molecular formula is C12H22O4S. The molecule has 0 amide bonds. The molecule has 0 aromatic rings. The summed E-state index contributed by atoms with van der Waals surface area (Å²) in [6.07, 6.45) is 4.75. The van der Waals surface area contributed by atoms with Crippen molar-refractivity contribution in [1.29, 1.82) is 0 Å². The number of ether oxygens (including phenoxy) is 1. The maximum Gasteiger partial charge on any atom is 0.165 e. The van der Waals surface area contributed by atoms with Crippen molar-refractivity contribution in [2.24, 2.45) is 5.92 Å². The molecule has 5 heteroatoms. The number of hydrogen-bond acceptors (Lipinski definition) is 4. The summed E-state index contributed by atoms with van der Waals surface area (Å²) in [6, 6.07) is 0. The summed E-state index contributed by atoms with van der Waals surface area (Å²) < 4.78 is 27.6. The molecule has 0 aliphatic heterocycles. The molecule has 0 radical (unpaired) electrons. The maximum atomic E-state index is 12.2. The predicted octanol–water partition coefficient (Wildman–Crippen LogP) is 1.59. The summed E-state index contributed by atoms with van der Waals surface area (Å²) in [4.78, 5) is 12.2. The largest absolute Gasteiger partial charge is 0.370 e. The molecule has 0 aromatic heterocycles. The van der Waals surface area contributed by atoms with Gasteiger partial charge in [-0.3, -0.25) is 4.79 Å². The second-order valence-electron chi connectivity index (χ2n) is 5.20. The van der Waals surface area contributed by atoms with Gasteiger partial charge in [0.05, 0.1) is 5.75 Å². The molecule has 17 heavy (non-hydrogen) atoms. The van der Waals surface area contributed by atoms with Crippen molar-refractivity contribution in [3.63, 3.8) is 0 Å². The zero-order valence-corrected chi connectivity index (χ0v) is 11.7. The fourth-order valence-electron chi connectivity index (χ4n) is 2.56. The zero-order chi connectivity index (χ0) is 13.1. The lowest BCUT2D eigenvalue weighted by Gasteiger charge is -2.37. The third-order valence-electron chi connectivity index (χ3n) is 3.55. The van der Waals surface area contributed by atoms with Gasteiger partial charge in [-0.1, -0.05) is 13.3 Å². The number of Topliss-reactive ketones (excluding diaryl/α,β-unsaturated/α-hetero) is 1. The molecule has 1 aliphatic carbocycles. The van der Waals surface area contributed by atoms with E-state index < -0.39 is 15.4 Å². The second kappa shape index (κ2) is 5.48. The molecule has 2 unspecified atom stereocenters. The van der Waals surface area contributed by atoms with Crippen LogP contribution in [0.15, 0.2) is 0 Å². The summed E-state index contributed by atoms with van der Waals surface area (Å²) in [5.74, 6) is 0.327. The van der Waals surface area contributed by atoms with Gasteiger partial charge in [-0.15, -0.1) is 0 Å². The van der Waals surface area contributed by atoms with Crippen LogP contribution in [0.2, 0.25) is 0 Å². The lowest BCUT2D eigenvalue weighted by Crippen LogP contribution is -2.45. The van der Waals surface area contributed by atoms with Crippen LogP contribution in [0.4, 0.5) is 0 Å². The molecule has 0 bridgehead atoms. The van der Waals surface area contributed by atoms with Gasteiger partial charge in [0, 0.05) is 19.8 Å². The van der Waals surface area contributed by atoms with Gasteiger partial charge in [0.1, 0.15) is 15.4 Å². The molecule has 1 fully saturated rings. The highest BCUT2D eigenvalue weighted by Crippen LogP contribution is 2.36. The molecule has 0 heterocycles. The third-order valence-corrected chi connectivity index (χ3v) is 4.50. The summed E-state index contributed by atoms with van der Waals surface area (Å²) in [6.45, 7) is 2.11. The molecule has 0 saturated heterocycles. The Morgan fingerprint density at radius 3 is 2.59 bits per heavy atom. The van der Waals surface area contributed by atoms with Gasteiger partial charge in [0.2, 0.25) is 0 Å². The molecule has 100 valence electrons. The lowest BCUT2D eigenvalue weighted by molar-refractivity contribution is -0.146. The summed E-state index contributed by atoms with van der Waals surface area (Å²) in [7, 11) is -1.53. The minimum Gasteiger partial charge on any atom is -0.370 e. The smallest absolute Gasteiger partial charge is 0.165 e. The van der Waals surface area contributed by atoms with E-state index in [0.29, 0.717) is 12.3 Å². The first kappa shape index (κ1) is 14.6. The van der Waals surface area contributed by atoms with Crippen molar-refractivity contribution in [2.45, 2.75) is 44.6 Å². The number of rotatable bonds is 5. The van der Waals surface area contributed by atoms with Gasteiger partial charge >= 0.3 is 0 Å². The van der Waals surface area contributed by atoms with Crippen LogP contribution in [0.25, 0.3) is 0 Å². The van der Waals surface area contributed by atoms with E-state index >= 15 is 0 Å². The van der Waals surface area contributed by atoms with Crippen LogP contribution in [0, 0.1) is 5.92 Å². The van der Waals surface area contributed by atoms with E-state index in [2.05, 4.69) is 6.92 Å². The van der Waals surface area contributed by atoms with Crippen LogP contribution in [0.3, 0.4) is 0 Å². The van der Waals surface area contributed by atoms with E-state index in [4.69, 9.17) is 4.74 Å². The highest BCUT2D eigenvalue weighted by Gasteiger charge is 2.41. The minimum atomic E-state index is -3.08. The monoisotopic (exact) mass is 262 g/mol. The highest BCUT2D eigenvalue weighted by atomic mass is 32.2. The fraction of sp³-hybridized carbons (Fsp3) is 0.917. The topological polar surface area (TPSA) is 60.4 Å². The first-order valence-corrected chi connectivity index (χ1v) is 8.11. The first-order valence-electron chi connectivity index (χ1n) is 6.05. The lowest BCUT2D eigenvalue weighted by atomic mass is 9.76. The molecule has 1 saturated carbocycles. The fourth-order valence-corrected chi connectivity index (χ4v) is 3.12. The predicted molar refractivity (Wildman–Crippen MR) is 66.7 cm³/mol. The van der Waals surface area contributed by atoms with Crippen LogP contribution < -0.4 is 0 Å². The molecule has 1 aliphatic rings. The van der Waals surface area contributed by atoms with Gasteiger partial charge in [0.15, 0.2) is 5.78 Å². The number of sulfone groups is 1. The maximum absolute atomic E-state index is 12.2. The van der Waals surface area contributed by atoms with Gasteiger partial charge in [-0.25, -0.2) is 8.42 Å². The van der Waals surface area contributed by atoms with Crippen molar-refractivity contribution >= 4 is 15.6 Å².